The predicted octanol–water partition coefficient (Wildman–Crippen LogP) is 3.20. The summed E-state index contributed by atoms with van der Waals surface area (Å²) in [5, 5.41) is 0.943. The largest absolute Gasteiger partial charge is 0.348 e. The van der Waals surface area contributed by atoms with Crippen LogP contribution in [0.3, 0.4) is 0 Å². The molecule has 3 aromatic carbocycles. The molecule has 4 rings (SSSR count). The Morgan fingerprint density at radius 1 is 1.00 bits per heavy atom. The van der Waals surface area contributed by atoms with Gasteiger partial charge in [-0.25, -0.2) is 25.6 Å². The number of carbonyl (C=O) groups excluding carboxylic acids is 1. The molecule has 0 bridgehead atoms. The highest BCUT2D eigenvalue weighted by atomic mass is 32.2. The first-order valence-corrected chi connectivity index (χ1v) is 12.7. The predicted molar refractivity (Wildman–Crippen MR) is 112 cm³/mol. The number of hydrogen-bond donors (Lipinski definition) is 1. The highest BCUT2D eigenvalue weighted by Gasteiger charge is 2.45. The molecule has 0 fully saturated rings. The van der Waals surface area contributed by atoms with Gasteiger partial charge in [0.25, 0.3) is 5.91 Å². The molecule has 0 saturated carbocycles. The first-order chi connectivity index (χ1) is 15.1. The van der Waals surface area contributed by atoms with Crippen molar-refractivity contribution in [3.63, 3.8) is 0 Å². The van der Waals surface area contributed by atoms with Gasteiger partial charge in [-0.3, -0.25) is 4.79 Å². The highest BCUT2D eigenvalue weighted by molar-refractivity contribution is 7.96. The van der Waals surface area contributed by atoms with E-state index in [2.05, 4.69) is 5.32 Å². The first-order valence-electron chi connectivity index (χ1n) is 9.48. The van der Waals surface area contributed by atoms with Crippen LogP contribution in [0.25, 0.3) is 0 Å². The Labute approximate surface area is 183 Å². The molecule has 0 saturated heterocycles. The second-order valence-electron chi connectivity index (χ2n) is 7.26. The standard InChI is InChI=1S/C22H17F2NO5S2/c23-15-9-10-18(24)14(11-15)12-25-22(26)17-7-4-8-19-21(17)20(13-31(19,27)28)32(29,30)16-5-2-1-3-6-16/h1-11,20H,12-13H2,(H,25,26). The van der Waals surface area contributed by atoms with Gasteiger partial charge in [-0.1, -0.05) is 24.3 Å². The normalized spacial score (nSPS) is 17.0. The van der Waals surface area contributed by atoms with Crippen molar-refractivity contribution in [2.45, 2.75) is 21.6 Å². The summed E-state index contributed by atoms with van der Waals surface area (Å²) in [7, 11) is -8.08. The van der Waals surface area contributed by atoms with Crippen molar-refractivity contribution in [1.82, 2.24) is 5.32 Å². The molecule has 1 aliphatic heterocycles. The number of hydrogen-bond acceptors (Lipinski definition) is 5. The van der Waals surface area contributed by atoms with Gasteiger partial charge in [-0.15, -0.1) is 0 Å². The number of nitrogens with one attached hydrogen (secondary N) is 1. The van der Waals surface area contributed by atoms with E-state index in [0.29, 0.717) is 0 Å². The minimum Gasteiger partial charge on any atom is -0.348 e. The van der Waals surface area contributed by atoms with Crippen molar-refractivity contribution in [2.75, 3.05) is 5.75 Å². The smallest absolute Gasteiger partial charge is 0.251 e. The Morgan fingerprint density at radius 2 is 1.72 bits per heavy atom. The minimum atomic E-state index is -4.13. The van der Waals surface area contributed by atoms with Gasteiger partial charge in [0.2, 0.25) is 0 Å². The fourth-order valence-electron chi connectivity index (χ4n) is 3.69. The third-order valence-electron chi connectivity index (χ3n) is 5.23. The van der Waals surface area contributed by atoms with Gasteiger partial charge in [0.15, 0.2) is 19.7 Å². The summed E-state index contributed by atoms with van der Waals surface area (Å²) >= 11 is 0. The van der Waals surface area contributed by atoms with E-state index in [9.17, 15) is 30.4 Å². The molecule has 1 amide bonds. The van der Waals surface area contributed by atoms with E-state index < -0.39 is 48.2 Å². The van der Waals surface area contributed by atoms with Crippen molar-refractivity contribution >= 4 is 25.6 Å². The van der Waals surface area contributed by atoms with E-state index in [4.69, 9.17) is 0 Å². The second kappa shape index (κ2) is 8.10. The molecule has 1 N–H and O–H groups in total. The number of rotatable bonds is 5. The van der Waals surface area contributed by atoms with Crippen molar-refractivity contribution in [3.05, 3.63) is 95.1 Å². The Morgan fingerprint density at radius 3 is 2.44 bits per heavy atom. The quantitative estimate of drug-likeness (QED) is 0.609. The molecule has 0 aliphatic carbocycles. The van der Waals surface area contributed by atoms with Crippen LogP contribution in [0, 0.1) is 11.6 Å². The number of amides is 1. The van der Waals surface area contributed by atoms with Gasteiger partial charge >= 0.3 is 0 Å². The average molecular weight is 478 g/mol. The lowest BCUT2D eigenvalue weighted by atomic mass is 10.0. The molecule has 32 heavy (non-hydrogen) atoms. The molecule has 0 radical (unpaired) electrons. The molecule has 0 aromatic heterocycles. The minimum absolute atomic E-state index is 0.0647. The molecule has 1 atom stereocenters. The number of halogens is 2. The van der Waals surface area contributed by atoms with E-state index in [1.807, 2.05) is 0 Å². The van der Waals surface area contributed by atoms with E-state index in [1.165, 1.54) is 42.5 Å². The summed E-state index contributed by atoms with van der Waals surface area (Å²) in [6.45, 7) is -0.366. The van der Waals surface area contributed by atoms with Gasteiger partial charge in [0, 0.05) is 23.2 Å². The second-order valence-corrected chi connectivity index (χ2v) is 11.4. The summed E-state index contributed by atoms with van der Waals surface area (Å²) in [5.74, 6) is -2.90. The Balaban J connectivity index is 1.74. The Kier molecular flexibility index (Phi) is 5.59. The molecule has 1 unspecified atom stereocenters. The third-order valence-corrected chi connectivity index (χ3v) is 9.32. The maximum Gasteiger partial charge on any atom is 0.251 e. The van der Waals surface area contributed by atoms with Crippen molar-refractivity contribution < 1.29 is 30.4 Å². The van der Waals surface area contributed by atoms with E-state index >= 15 is 0 Å². The molecule has 6 nitrogen and oxygen atoms in total. The van der Waals surface area contributed by atoms with Crippen LogP contribution in [0.1, 0.15) is 26.7 Å². The zero-order chi connectivity index (χ0) is 23.1. The Hall–Kier alpha value is -3.11. The molecule has 3 aromatic rings. The zero-order valence-electron chi connectivity index (χ0n) is 16.5. The average Bonchev–Trinajstić information content (AvgIpc) is 3.06. The van der Waals surface area contributed by atoms with Crippen LogP contribution < -0.4 is 5.32 Å². The molecule has 0 spiro atoms. The van der Waals surface area contributed by atoms with Gasteiger partial charge in [0.05, 0.1) is 15.5 Å². The van der Waals surface area contributed by atoms with Crippen LogP contribution >= 0.6 is 0 Å². The van der Waals surface area contributed by atoms with E-state index in [0.717, 1.165) is 18.2 Å². The number of benzene rings is 3. The number of fused-ring (bicyclic) bond motifs is 1. The number of sulfone groups is 2. The Bertz CT molecular complexity index is 1420. The number of carbonyl (C=O) groups is 1. The van der Waals surface area contributed by atoms with Crippen molar-refractivity contribution in [2.24, 2.45) is 0 Å². The van der Waals surface area contributed by atoms with Gasteiger partial charge < -0.3 is 5.32 Å². The monoisotopic (exact) mass is 477 g/mol. The van der Waals surface area contributed by atoms with Crippen LogP contribution in [0.5, 0.6) is 0 Å². The lowest BCUT2D eigenvalue weighted by Crippen LogP contribution is -2.26. The van der Waals surface area contributed by atoms with Gasteiger partial charge in [0.1, 0.15) is 16.9 Å². The van der Waals surface area contributed by atoms with Crippen LogP contribution in [-0.4, -0.2) is 28.5 Å². The summed E-state index contributed by atoms with van der Waals surface area (Å²) in [6, 6.07) is 14.1. The SMILES string of the molecule is O=C(NCc1cc(F)ccc1F)c1cccc2c1C(S(=O)(=O)c1ccccc1)CS2(=O)=O. The maximum atomic E-state index is 13.9. The van der Waals surface area contributed by atoms with Crippen molar-refractivity contribution in [1.29, 1.82) is 0 Å². The first kappa shape index (κ1) is 22.1. The fraction of sp³-hybridized carbons (Fsp3) is 0.136. The van der Waals surface area contributed by atoms with Gasteiger partial charge in [-0.2, -0.15) is 0 Å². The molecule has 166 valence electrons. The van der Waals surface area contributed by atoms with Crippen LogP contribution in [0.15, 0.2) is 76.5 Å². The zero-order valence-corrected chi connectivity index (χ0v) is 18.1. The maximum absolute atomic E-state index is 13.9. The summed E-state index contributed by atoms with van der Waals surface area (Å²) in [6.07, 6.45) is 0. The van der Waals surface area contributed by atoms with Crippen LogP contribution in [0.2, 0.25) is 0 Å². The van der Waals surface area contributed by atoms with Crippen LogP contribution in [0.4, 0.5) is 8.78 Å². The summed E-state index contributed by atoms with van der Waals surface area (Å²) in [4.78, 5) is 12.6. The third kappa shape index (κ3) is 3.91. The van der Waals surface area contributed by atoms with Crippen LogP contribution in [-0.2, 0) is 26.2 Å². The summed E-state index contributed by atoms with van der Waals surface area (Å²) < 4.78 is 79.1. The molecule has 10 heteroatoms. The molecule has 1 heterocycles. The summed E-state index contributed by atoms with van der Waals surface area (Å²) in [5.41, 5.74) is -0.370. The van der Waals surface area contributed by atoms with E-state index in [1.54, 1.807) is 6.07 Å². The molecular formula is C22H17F2NO5S2. The molecular weight excluding hydrogens is 460 g/mol. The highest BCUT2D eigenvalue weighted by Crippen LogP contribution is 2.42. The lowest BCUT2D eigenvalue weighted by molar-refractivity contribution is 0.0949. The van der Waals surface area contributed by atoms with Gasteiger partial charge in [-0.05, 0) is 42.5 Å². The molecule has 1 aliphatic rings. The fourth-order valence-corrected chi connectivity index (χ4v) is 8.06. The lowest BCUT2D eigenvalue weighted by Gasteiger charge is -2.16. The van der Waals surface area contributed by atoms with E-state index in [-0.39, 0.29) is 33.0 Å². The van der Waals surface area contributed by atoms with Crippen molar-refractivity contribution in [3.8, 4) is 0 Å². The topological polar surface area (TPSA) is 97.4 Å².